The zero-order chi connectivity index (χ0) is 15.2. The monoisotopic (exact) mass is 284 g/mol. The third-order valence-electron chi connectivity index (χ3n) is 3.25. The van der Waals surface area contributed by atoms with E-state index in [9.17, 15) is 4.79 Å². The number of anilines is 2. The van der Waals surface area contributed by atoms with Crippen molar-refractivity contribution in [2.24, 2.45) is 0 Å². The highest BCUT2D eigenvalue weighted by Gasteiger charge is 2.09. The number of nitrogens with two attached hydrogens (primary N) is 1. The molecule has 0 aromatic heterocycles. The second-order valence-electron chi connectivity index (χ2n) is 4.87. The largest absolute Gasteiger partial charge is 0.484 e. The fourth-order valence-corrected chi connectivity index (χ4v) is 2.09. The van der Waals surface area contributed by atoms with Gasteiger partial charge >= 0.3 is 0 Å². The molecule has 0 radical (unpaired) electrons. The van der Waals surface area contributed by atoms with Gasteiger partial charge < -0.3 is 15.8 Å². The molecule has 4 nitrogen and oxygen atoms in total. The van der Waals surface area contributed by atoms with Gasteiger partial charge in [0.15, 0.2) is 6.61 Å². The van der Waals surface area contributed by atoms with E-state index in [0.29, 0.717) is 11.4 Å². The molecule has 0 spiro atoms. The number of nitrogens with one attached hydrogen (secondary N) is 1. The predicted octanol–water partition coefficient (Wildman–Crippen LogP) is 3.16. The lowest BCUT2D eigenvalue weighted by Crippen LogP contribution is -2.21. The number of hydrogen-bond donors (Lipinski definition) is 2. The first-order valence-corrected chi connectivity index (χ1v) is 6.97. The van der Waals surface area contributed by atoms with Crippen molar-refractivity contribution in [2.75, 3.05) is 17.7 Å². The molecule has 0 saturated heterocycles. The van der Waals surface area contributed by atoms with Crippen LogP contribution in [0.25, 0.3) is 0 Å². The maximum atomic E-state index is 12.0. The molecule has 0 heterocycles. The lowest BCUT2D eigenvalue weighted by atomic mass is 10.1. The van der Waals surface area contributed by atoms with Crippen molar-refractivity contribution in [2.45, 2.75) is 20.3 Å². The molecule has 1 amide bonds. The van der Waals surface area contributed by atoms with Crippen molar-refractivity contribution >= 4 is 17.3 Å². The second-order valence-corrected chi connectivity index (χ2v) is 4.87. The van der Waals surface area contributed by atoms with Gasteiger partial charge in [-0.2, -0.15) is 0 Å². The molecule has 0 saturated carbocycles. The van der Waals surface area contributed by atoms with Crippen LogP contribution in [-0.4, -0.2) is 12.5 Å². The summed E-state index contributed by atoms with van der Waals surface area (Å²) in [6.07, 6.45) is 0.871. The molecular weight excluding hydrogens is 264 g/mol. The van der Waals surface area contributed by atoms with Crippen LogP contribution < -0.4 is 15.8 Å². The summed E-state index contributed by atoms with van der Waals surface area (Å²) in [6, 6.07) is 13.0. The molecule has 0 fully saturated rings. The van der Waals surface area contributed by atoms with E-state index in [1.165, 1.54) is 0 Å². The van der Waals surface area contributed by atoms with Gasteiger partial charge in [-0.05, 0) is 48.7 Å². The molecule has 0 aliphatic heterocycles. The second kappa shape index (κ2) is 6.79. The van der Waals surface area contributed by atoms with E-state index < -0.39 is 0 Å². The highest BCUT2D eigenvalue weighted by molar-refractivity contribution is 5.93. The Morgan fingerprint density at radius 2 is 1.90 bits per heavy atom. The number of carbonyl (C=O) groups is 1. The van der Waals surface area contributed by atoms with Gasteiger partial charge in [0.25, 0.3) is 5.91 Å². The van der Waals surface area contributed by atoms with Crippen LogP contribution in [0.3, 0.4) is 0 Å². The minimum absolute atomic E-state index is 0.0264. The summed E-state index contributed by atoms with van der Waals surface area (Å²) in [7, 11) is 0. The molecule has 3 N–H and O–H groups in total. The third-order valence-corrected chi connectivity index (χ3v) is 3.25. The average Bonchev–Trinajstić information content (AvgIpc) is 2.49. The summed E-state index contributed by atoms with van der Waals surface area (Å²) in [5.74, 6) is 0.454. The highest BCUT2D eigenvalue weighted by atomic mass is 16.5. The highest BCUT2D eigenvalue weighted by Crippen LogP contribution is 2.21. The number of aryl methyl sites for hydroxylation is 2. The number of rotatable bonds is 5. The van der Waals surface area contributed by atoms with Gasteiger partial charge in [0.05, 0.1) is 0 Å². The summed E-state index contributed by atoms with van der Waals surface area (Å²) in [5.41, 5.74) is 9.32. The minimum Gasteiger partial charge on any atom is -0.484 e. The van der Waals surface area contributed by atoms with Gasteiger partial charge in [0.1, 0.15) is 5.75 Å². The summed E-state index contributed by atoms with van der Waals surface area (Å²) in [4.78, 5) is 12.0. The topological polar surface area (TPSA) is 64.3 Å². The zero-order valence-corrected chi connectivity index (χ0v) is 12.3. The standard InChI is InChI=1S/C17H20N2O2/c1-3-13-6-4-5-12(2)17(13)19-16(20)11-21-15-9-7-14(18)8-10-15/h4-10H,3,11,18H2,1-2H3,(H,19,20). The Bertz CT molecular complexity index is 621. The fourth-order valence-electron chi connectivity index (χ4n) is 2.09. The minimum atomic E-state index is -0.171. The van der Waals surface area contributed by atoms with Crippen molar-refractivity contribution < 1.29 is 9.53 Å². The average molecular weight is 284 g/mol. The smallest absolute Gasteiger partial charge is 0.262 e. The fraction of sp³-hybridized carbons (Fsp3) is 0.235. The lowest BCUT2D eigenvalue weighted by molar-refractivity contribution is -0.118. The maximum absolute atomic E-state index is 12.0. The van der Waals surface area contributed by atoms with Crippen LogP contribution in [0.4, 0.5) is 11.4 Å². The van der Waals surface area contributed by atoms with E-state index in [0.717, 1.165) is 23.2 Å². The Morgan fingerprint density at radius 3 is 2.57 bits per heavy atom. The maximum Gasteiger partial charge on any atom is 0.262 e. The normalized spacial score (nSPS) is 10.2. The van der Waals surface area contributed by atoms with Gasteiger partial charge in [-0.3, -0.25) is 4.79 Å². The molecule has 110 valence electrons. The van der Waals surface area contributed by atoms with Crippen LogP contribution in [0, 0.1) is 6.92 Å². The van der Waals surface area contributed by atoms with Crippen molar-refractivity contribution in [3.63, 3.8) is 0 Å². The van der Waals surface area contributed by atoms with E-state index in [1.54, 1.807) is 24.3 Å². The molecule has 0 bridgehead atoms. The van der Waals surface area contributed by atoms with E-state index in [2.05, 4.69) is 12.2 Å². The molecule has 0 atom stereocenters. The molecule has 0 unspecified atom stereocenters. The van der Waals surface area contributed by atoms with Crippen LogP contribution in [0.1, 0.15) is 18.1 Å². The van der Waals surface area contributed by atoms with Crippen LogP contribution in [0.15, 0.2) is 42.5 Å². The van der Waals surface area contributed by atoms with E-state index in [-0.39, 0.29) is 12.5 Å². The van der Waals surface area contributed by atoms with Gasteiger partial charge in [-0.15, -0.1) is 0 Å². The Kier molecular flexibility index (Phi) is 4.82. The van der Waals surface area contributed by atoms with Crippen molar-refractivity contribution in [3.8, 4) is 5.75 Å². The molecule has 4 heteroatoms. The number of para-hydroxylation sites is 1. The predicted molar refractivity (Wildman–Crippen MR) is 85.5 cm³/mol. The van der Waals surface area contributed by atoms with Gasteiger partial charge in [-0.25, -0.2) is 0 Å². The zero-order valence-electron chi connectivity index (χ0n) is 12.3. The number of ether oxygens (including phenoxy) is 1. The van der Waals surface area contributed by atoms with Crippen LogP contribution in [0.2, 0.25) is 0 Å². The van der Waals surface area contributed by atoms with Crippen LogP contribution >= 0.6 is 0 Å². The summed E-state index contributed by atoms with van der Waals surface area (Å²) in [6.45, 7) is 4.02. The first kappa shape index (κ1) is 14.9. The quantitative estimate of drug-likeness (QED) is 0.829. The van der Waals surface area contributed by atoms with E-state index >= 15 is 0 Å². The first-order chi connectivity index (χ1) is 10.1. The third kappa shape index (κ3) is 3.99. The SMILES string of the molecule is CCc1cccc(C)c1NC(=O)COc1ccc(N)cc1. The Morgan fingerprint density at radius 1 is 1.19 bits per heavy atom. The van der Waals surface area contributed by atoms with Crippen molar-refractivity contribution in [1.29, 1.82) is 0 Å². The van der Waals surface area contributed by atoms with Gasteiger partial charge in [0, 0.05) is 11.4 Å². The number of amides is 1. The number of carbonyl (C=O) groups excluding carboxylic acids is 1. The van der Waals surface area contributed by atoms with Crippen molar-refractivity contribution in [1.82, 2.24) is 0 Å². The molecule has 2 aromatic rings. The lowest BCUT2D eigenvalue weighted by Gasteiger charge is -2.13. The Balaban J connectivity index is 1.97. The molecular formula is C17H20N2O2. The summed E-state index contributed by atoms with van der Waals surface area (Å²) < 4.78 is 5.44. The summed E-state index contributed by atoms with van der Waals surface area (Å²) >= 11 is 0. The molecule has 2 aromatic carbocycles. The Labute approximate surface area is 124 Å². The summed E-state index contributed by atoms with van der Waals surface area (Å²) in [5, 5.41) is 2.92. The molecule has 0 aliphatic carbocycles. The molecule has 21 heavy (non-hydrogen) atoms. The van der Waals surface area contributed by atoms with Crippen LogP contribution in [-0.2, 0) is 11.2 Å². The molecule has 0 aliphatic rings. The van der Waals surface area contributed by atoms with Gasteiger partial charge in [-0.1, -0.05) is 25.1 Å². The van der Waals surface area contributed by atoms with Crippen LogP contribution in [0.5, 0.6) is 5.75 Å². The van der Waals surface area contributed by atoms with Gasteiger partial charge in [0.2, 0.25) is 0 Å². The molecule has 2 rings (SSSR count). The van der Waals surface area contributed by atoms with E-state index in [4.69, 9.17) is 10.5 Å². The van der Waals surface area contributed by atoms with Crippen molar-refractivity contribution in [3.05, 3.63) is 53.6 Å². The number of hydrogen-bond acceptors (Lipinski definition) is 3. The number of benzene rings is 2. The number of nitrogen functional groups attached to an aromatic ring is 1. The first-order valence-electron chi connectivity index (χ1n) is 6.97. The van der Waals surface area contributed by atoms with E-state index in [1.807, 2.05) is 25.1 Å². The Hall–Kier alpha value is -2.49.